The van der Waals surface area contributed by atoms with Crippen LogP contribution in [0.4, 0.5) is 0 Å². The van der Waals surface area contributed by atoms with Crippen molar-refractivity contribution in [1.82, 2.24) is 14.7 Å². The van der Waals surface area contributed by atoms with Gasteiger partial charge in [0.05, 0.1) is 0 Å². The minimum Gasteiger partial charge on any atom is -0.328 e. The Kier molecular flexibility index (Phi) is 4.92. The molecule has 0 spiro atoms. The fourth-order valence-corrected chi connectivity index (χ4v) is 2.69. The normalized spacial score (nSPS) is 33.4. The summed E-state index contributed by atoms with van der Waals surface area (Å²) in [5, 5.41) is 0. The second-order valence-electron chi connectivity index (χ2n) is 5.10. The van der Waals surface area contributed by atoms with E-state index in [1.807, 2.05) is 14.1 Å². The highest BCUT2D eigenvalue weighted by Gasteiger charge is 2.45. The molecule has 1 saturated heterocycles. The third-order valence-electron chi connectivity index (χ3n) is 3.90. The van der Waals surface area contributed by atoms with Gasteiger partial charge in [0.25, 0.3) is 6.03 Å². The summed E-state index contributed by atoms with van der Waals surface area (Å²) in [7, 11) is 9.63. The zero-order chi connectivity index (χ0) is 13.2. The van der Waals surface area contributed by atoms with Gasteiger partial charge < -0.3 is 14.4 Å². The SMILES string of the molecule is COC1(OC)N(C)C(C)CN(C)CC(C)N1C. The Bertz CT molecular complexity index is 226. The van der Waals surface area contributed by atoms with E-state index in [0.29, 0.717) is 12.1 Å². The molecule has 0 aromatic heterocycles. The molecule has 0 aromatic rings. The molecule has 1 rings (SSSR count). The maximum Gasteiger partial charge on any atom is 0.296 e. The van der Waals surface area contributed by atoms with Crippen molar-refractivity contribution in [2.24, 2.45) is 0 Å². The van der Waals surface area contributed by atoms with Crippen molar-refractivity contribution in [3.8, 4) is 0 Å². The van der Waals surface area contributed by atoms with E-state index in [-0.39, 0.29) is 0 Å². The summed E-state index contributed by atoms with van der Waals surface area (Å²) >= 11 is 0. The third-order valence-corrected chi connectivity index (χ3v) is 3.90. The van der Waals surface area contributed by atoms with Crippen LogP contribution in [0, 0.1) is 0 Å². The zero-order valence-electron chi connectivity index (χ0n) is 12.2. The highest BCUT2D eigenvalue weighted by molar-refractivity contribution is 4.83. The van der Waals surface area contributed by atoms with Gasteiger partial charge in [0, 0.05) is 39.4 Å². The standard InChI is InChI=1S/C12H27N3O2/c1-10-8-13(3)9-11(2)15(5)12(16-6,17-7)14(10)4/h10-11H,8-9H2,1-7H3. The van der Waals surface area contributed by atoms with Crippen molar-refractivity contribution in [3.63, 3.8) is 0 Å². The second-order valence-corrected chi connectivity index (χ2v) is 5.10. The van der Waals surface area contributed by atoms with E-state index in [1.54, 1.807) is 14.2 Å². The third kappa shape index (κ3) is 2.63. The number of nitrogens with zero attached hydrogens (tertiary/aromatic N) is 3. The molecule has 0 radical (unpaired) electrons. The van der Waals surface area contributed by atoms with Gasteiger partial charge in [-0.25, -0.2) is 9.80 Å². The molecule has 1 heterocycles. The van der Waals surface area contributed by atoms with Crippen molar-refractivity contribution in [3.05, 3.63) is 0 Å². The first-order chi connectivity index (χ1) is 7.89. The summed E-state index contributed by atoms with van der Waals surface area (Å²) in [5.74, 6) is 0. The lowest BCUT2D eigenvalue weighted by molar-refractivity contribution is -0.379. The van der Waals surface area contributed by atoms with E-state index in [2.05, 4.69) is 35.6 Å². The average Bonchev–Trinajstić information content (AvgIpc) is 2.29. The molecule has 0 N–H and O–H groups in total. The highest BCUT2D eigenvalue weighted by Crippen LogP contribution is 2.26. The second kappa shape index (κ2) is 5.63. The lowest BCUT2D eigenvalue weighted by atomic mass is 10.2. The summed E-state index contributed by atoms with van der Waals surface area (Å²) in [4.78, 5) is 6.62. The summed E-state index contributed by atoms with van der Waals surface area (Å²) in [6.07, 6.45) is 0. The molecule has 1 aliphatic rings. The Morgan fingerprint density at radius 3 is 1.53 bits per heavy atom. The number of ether oxygens (including phenoxy) is 2. The first-order valence-electron chi connectivity index (χ1n) is 6.13. The number of methoxy groups -OCH3 is 2. The Hall–Kier alpha value is -0.200. The largest absolute Gasteiger partial charge is 0.328 e. The maximum absolute atomic E-state index is 5.68. The molecule has 0 bridgehead atoms. The molecule has 1 aliphatic heterocycles. The number of hydrogen-bond acceptors (Lipinski definition) is 5. The van der Waals surface area contributed by atoms with Crippen LogP contribution >= 0.6 is 0 Å². The first-order valence-corrected chi connectivity index (χ1v) is 6.13. The van der Waals surface area contributed by atoms with Crippen molar-refractivity contribution in [2.45, 2.75) is 32.0 Å². The molecule has 0 saturated carbocycles. The van der Waals surface area contributed by atoms with E-state index in [9.17, 15) is 0 Å². The van der Waals surface area contributed by atoms with Gasteiger partial charge >= 0.3 is 0 Å². The van der Waals surface area contributed by atoms with E-state index in [1.165, 1.54) is 0 Å². The van der Waals surface area contributed by atoms with E-state index >= 15 is 0 Å². The quantitative estimate of drug-likeness (QED) is 0.660. The summed E-state index contributed by atoms with van der Waals surface area (Å²) in [6.45, 7) is 6.38. The van der Waals surface area contributed by atoms with Gasteiger partial charge in [-0.3, -0.25) is 0 Å². The van der Waals surface area contributed by atoms with Crippen LogP contribution in [0.25, 0.3) is 0 Å². The Morgan fingerprint density at radius 1 is 0.882 bits per heavy atom. The highest BCUT2D eigenvalue weighted by atomic mass is 16.7. The van der Waals surface area contributed by atoms with Gasteiger partial charge in [-0.15, -0.1) is 0 Å². The Morgan fingerprint density at radius 2 is 1.24 bits per heavy atom. The molecule has 0 aromatic carbocycles. The topological polar surface area (TPSA) is 28.2 Å². The fraction of sp³-hybridized carbons (Fsp3) is 1.00. The molecule has 5 heteroatoms. The Balaban J connectivity index is 3.06. The first kappa shape index (κ1) is 14.9. The van der Waals surface area contributed by atoms with Crippen molar-refractivity contribution in [2.75, 3.05) is 48.5 Å². The van der Waals surface area contributed by atoms with E-state index in [0.717, 1.165) is 13.1 Å². The monoisotopic (exact) mass is 245 g/mol. The molecular weight excluding hydrogens is 218 g/mol. The lowest BCUT2D eigenvalue weighted by Crippen LogP contribution is -2.68. The smallest absolute Gasteiger partial charge is 0.296 e. The summed E-state index contributed by atoms with van der Waals surface area (Å²) in [6, 6.07) is -0.0650. The number of rotatable bonds is 2. The molecule has 102 valence electrons. The predicted molar refractivity (Wildman–Crippen MR) is 68.7 cm³/mol. The fourth-order valence-electron chi connectivity index (χ4n) is 2.69. The minimum absolute atomic E-state index is 0.356. The molecule has 0 amide bonds. The van der Waals surface area contributed by atoms with Crippen LogP contribution < -0.4 is 0 Å². The molecule has 5 nitrogen and oxygen atoms in total. The van der Waals surface area contributed by atoms with Crippen LogP contribution in [-0.2, 0) is 9.47 Å². The van der Waals surface area contributed by atoms with Crippen molar-refractivity contribution in [1.29, 1.82) is 0 Å². The Labute approximate surface area is 105 Å². The minimum atomic E-state index is -0.778. The van der Waals surface area contributed by atoms with Gasteiger partial charge in [0.2, 0.25) is 0 Å². The molecule has 0 aliphatic carbocycles. The molecule has 2 atom stereocenters. The van der Waals surface area contributed by atoms with Crippen molar-refractivity contribution < 1.29 is 9.47 Å². The van der Waals surface area contributed by atoms with Crippen LogP contribution in [0.2, 0.25) is 0 Å². The average molecular weight is 245 g/mol. The number of likely N-dealkylation sites (N-methyl/N-ethyl adjacent to an activating group) is 3. The molecule has 2 unspecified atom stereocenters. The van der Waals surface area contributed by atoms with Crippen LogP contribution in [0.5, 0.6) is 0 Å². The van der Waals surface area contributed by atoms with Crippen LogP contribution in [0.15, 0.2) is 0 Å². The van der Waals surface area contributed by atoms with Crippen molar-refractivity contribution >= 4 is 0 Å². The van der Waals surface area contributed by atoms with Crippen LogP contribution in [0.1, 0.15) is 13.8 Å². The van der Waals surface area contributed by atoms with Gasteiger partial charge in [-0.2, -0.15) is 0 Å². The van der Waals surface area contributed by atoms with Gasteiger partial charge in [-0.1, -0.05) is 0 Å². The van der Waals surface area contributed by atoms with Gasteiger partial charge in [-0.05, 0) is 35.0 Å². The number of hydrogen-bond donors (Lipinski definition) is 0. The lowest BCUT2D eigenvalue weighted by Gasteiger charge is -2.51. The van der Waals surface area contributed by atoms with Crippen LogP contribution in [0.3, 0.4) is 0 Å². The molecular formula is C12H27N3O2. The molecule has 1 fully saturated rings. The van der Waals surface area contributed by atoms with E-state index < -0.39 is 6.03 Å². The zero-order valence-corrected chi connectivity index (χ0v) is 12.2. The summed E-state index contributed by atoms with van der Waals surface area (Å²) < 4.78 is 11.4. The molecule has 17 heavy (non-hydrogen) atoms. The van der Waals surface area contributed by atoms with Gasteiger partial charge in [0.1, 0.15) is 0 Å². The summed E-state index contributed by atoms with van der Waals surface area (Å²) in [5.41, 5.74) is 0. The predicted octanol–water partition coefficient (Wildman–Crippen LogP) is 0.477. The van der Waals surface area contributed by atoms with Gasteiger partial charge in [0.15, 0.2) is 0 Å². The maximum atomic E-state index is 5.68. The van der Waals surface area contributed by atoms with Crippen LogP contribution in [-0.4, -0.2) is 81.3 Å². The van der Waals surface area contributed by atoms with E-state index in [4.69, 9.17) is 9.47 Å².